The van der Waals surface area contributed by atoms with Gasteiger partial charge in [-0.05, 0) is 37.3 Å². The van der Waals surface area contributed by atoms with Gasteiger partial charge in [0.2, 0.25) is 0 Å². The summed E-state index contributed by atoms with van der Waals surface area (Å²) in [4.78, 5) is 4.61. The lowest BCUT2D eigenvalue weighted by atomic mass is 10.1. The lowest BCUT2D eigenvalue weighted by Gasteiger charge is -2.18. The average molecular weight is 204 g/mol. The highest BCUT2D eigenvalue weighted by molar-refractivity contribution is 6.00. The van der Waals surface area contributed by atoms with E-state index in [4.69, 9.17) is 0 Å². The van der Waals surface area contributed by atoms with Gasteiger partial charge in [0.15, 0.2) is 0 Å². The summed E-state index contributed by atoms with van der Waals surface area (Å²) in [5, 5.41) is 9.20. The first-order chi connectivity index (χ1) is 7.38. The molecule has 1 aromatic rings. The van der Waals surface area contributed by atoms with Crippen LogP contribution in [0.2, 0.25) is 0 Å². The SMILES string of the molecule is OCc1ccc2n1CCN=C2CC1CC1. The van der Waals surface area contributed by atoms with Crippen LogP contribution >= 0.6 is 0 Å². The Morgan fingerprint density at radius 3 is 3.00 bits per heavy atom. The molecule has 15 heavy (non-hydrogen) atoms. The molecule has 0 aromatic carbocycles. The van der Waals surface area contributed by atoms with Gasteiger partial charge in [0.05, 0.1) is 24.6 Å². The van der Waals surface area contributed by atoms with Gasteiger partial charge in [-0.2, -0.15) is 0 Å². The Morgan fingerprint density at radius 2 is 2.27 bits per heavy atom. The minimum absolute atomic E-state index is 0.136. The van der Waals surface area contributed by atoms with E-state index in [9.17, 15) is 5.11 Å². The first kappa shape index (κ1) is 9.16. The van der Waals surface area contributed by atoms with Gasteiger partial charge in [-0.1, -0.05) is 0 Å². The minimum Gasteiger partial charge on any atom is -0.390 e. The van der Waals surface area contributed by atoms with Crippen LogP contribution < -0.4 is 0 Å². The Kier molecular flexibility index (Phi) is 2.13. The van der Waals surface area contributed by atoms with Crippen molar-refractivity contribution in [2.75, 3.05) is 6.54 Å². The van der Waals surface area contributed by atoms with Crippen molar-refractivity contribution in [1.29, 1.82) is 0 Å². The molecule has 3 heteroatoms. The molecule has 2 aliphatic rings. The maximum atomic E-state index is 9.20. The minimum atomic E-state index is 0.136. The van der Waals surface area contributed by atoms with Crippen molar-refractivity contribution in [3.63, 3.8) is 0 Å². The molecular formula is C12H16N2O. The molecule has 1 N–H and O–H groups in total. The largest absolute Gasteiger partial charge is 0.390 e. The topological polar surface area (TPSA) is 37.5 Å². The van der Waals surface area contributed by atoms with E-state index in [1.54, 1.807) is 0 Å². The van der Waals surface area contributed by atoms with Crippen LogP contribution in [-0.4, -0.2) is 21.9 Å². The zero-order chi connectivity index (χ0) is 10.3. The molecule has 3 rings (SSSR count). The van der Waals surface area contributed by atoms with Crippen molar-refractivity contribution in [3.05, 3.63) is 23.5 Å². The van der Waals surface area contributed by atoms with E-state index in [1.165, 1.54) is 24.2 Å². The number of hydrogen-bond donors (Lipinski definition) is 1. The van der Waals surface area contributed by atoms with E-state index in [1.807, 2.05) is 6.07 Å². The normalized spacial score (nSPS) is 19.9. The summed E-state index contributed by atoms with van der Waals surface area (Å²) in [5.74, 6) is 0.878. The molecule has 1 aliphatic heterocycles. The molecule has 80 valence electrons. The van der Waals surface area contributed by atoms with E-state index in [2.05, 4.69) is 15.6 Å². The number of aliphatic imine (C=N–C) groups is 1. The Bertz CT molecular complexity index is 402. The number of nitrogens with zero attached hydrogens (tertiary/aromatic N) is 2. The molecule has 0 amide bonds. The third-order valence-corrected chi connectivity index (χ3v) is 3.33. The van der Waals surface area contributed by atoms with Crippen LogP contribution in [-0.2, 0) is 13.2 Å². The molecule has 1 saturated carbocycles. The molecule has 0 radical (unpaired) electrons. The summed E-state index contributed by atoms with van der Waals surface area (Å²) in [7, 11) is 0. The summed E-state index contributed by atoms with van der Waals surface area (Å²) in [6, 6.07) is 4.12. The molecule has 0 bridgehead atoms. The quantitative estimate of drug-likeness (QED) is 0.797. The smallest absolute Gasteiger partial charge is 0.0833 e. The van der Waals surface area contributed by atoms with Gasteiger partial charge < -0.3 is 9.67 Å². The molecule has 0 spiro atoms. The van der Waals surface area contributed by atoms with Crippen molar-refractivity contribution in [2.45, 2.75) is 32.4 Å². The monoisotopic (exact) mass is 204 g/mol. The second-order valence-electron chi connectivity index (χ2n) is 4.50. The highest BCUT2D eigenvalue weighted by atomic mass is 16.3. The zero-order valence-electron chi connectivity index (χ0n) is 8.82. The third-order valence-electron chi connectivity index (χ3n) is 3.33. The predicted molar refractivity (Wildman–Crippen MR) is 59.1 cm³/mol. The maximum absolute atomic E-state index is 9.20. The van der Waals surface area contributed by atoms with Crippen LogP contribution in [0.15, 0.2) is 17.1 Å². The summed E-state index contributed by atoms with van der Waals surface area (Å²) < 4.78 is 2.21. The lowest BCUT2D eigenvalue weighted by molar-refractivity contribution is 0.270. The van der Waals surface area contributed by atoms with Crippen molar-refractivity contribution in [1.82, 2.24) is 4.57 Å². The second-order valence-corrected chi connectivity index (χ2v) is 4.50. The van der Waals surface area contributed by atoms with E-state index < -0.39 is 0 Å². The van der Waals surface area contributed by atoms with Gasteiger partial charge >= 0.3 is 0 Å². The van der Waals surface area contributed by atoms with Crippen LogP contribution in [0.4, 0.5) is 0 Å². The molecule has 0 unspecified atom stereocenters. The molecule has 1 aliphatic carbocycles. The molecule has 2 heterocycles. The van der Waals surface area contributed by atoms with Crippen LogP contribution in [0.1, 0.15) is 30.7 Å². The van der Waals surface area contributed by atoms with Crippen molar-refractivity contribution < 1.29 is 5.11 Å². The van der Waals surface area contributed by atoms with Gasteiger partial charge in [-0.3, -0.25) is 4.99 Å². The fourth-order valence-electron chi connectivity index (χ4n) is 2.29. The van der Waals surface area contributed by atoms with Crippen molar-refractivity contribution >= 4 is 5.71 Å². The van der Waals surface area contributed by atoms with Crippen LogP contribution in [0.25, 0.3) is 0 Å². The lowest BCUT2D eigenvalue weighted by Crippen LogP contribution is -2.20. The Hall–Kier alpha value is -1.09. The number of aliphatic hydroxyl groups is 1. The summed E-state index contributed by atoms with van der Waals surface area (Å²) in [6.07, 6.45) is 3.87. The molecule has 3 nitrogen and oxygen atoms in total. The highest BCUT2D eigenvalue weighted by Gasteiger charge is 2.26. The number of aliphatic hydroxyl groups excluding tert-OH is 1. The van der Waals surface area contributed by atoms with Gasteiger partial charge in [0, 0.05) is 12.2 Å². The standard InChI is InChI=1S/C12H16N2O/c15-8-10-3-4-12-11(7-9-1-2-9)13-5-6-14(10)12/h3-4,9,15H,1-2,5-8H2. The molecule has 1 fully saturated rings. The van der Waals surface area contributed by atoms with Crippen molar-refractivity contribution in [2.24, 2.45) is 10.9 Å². The Labute approximate surface area is 89.4 Å². The second kappa shape index (κ2) is 3.49. The Balaban J connectivity index is 1.91. The summed E-state index contributed by atoms with van der Waals surface area (Å²) in [5.41, 5.74) is 3.51. The highest BCUT2D eigenvalue weighted by Crippen LogP contribution is 2.34. The van der Waals surface area contributed by atoms with E-state index >= 15 is 0 Å². The van der Waals surface area contributed by atoms with E-state index in [0.29, 0.717) is 0 Å². The van der Waals surface area contributed by atoms with E-state index in [0.717, 1.165) is 31.1 Å². The van der Waals surface area contributed by atoms with Crippen LogP contribution in [0, 0.1) is 5.92 Å². The first-order valence-corrected chi connectivity index (χ1v) is 5.71. The molecular weight excluding hydrogens is 188 g/mol. The van der Waals surface area contributed by atoms with Crippen LogP contribution in [0.5, 0.6) is 0 Å². The van der Waals surface area contributed by atoms with Gasteiger partial charge in [-0.25, -0.2) is 0 Å². The predicted octanol–water partition coefficient (Wildman–Crippen LogP) is 1.58. The number of fused-ring (bicyclic) bond motifs is 1. The van der Waals surface area contributed by atoms with Gasteiger partial charge in [0.1, 0.15) is 0 Å². The van der Waals surface area contributed by atoms with Crippen molar-refractivity contribution in [3.8, 4) is 0 Å². The van der Waals surface area contributed by atoms with E-state index in [-0.39, 0.29) is 6.61 Å². The fraction of sp³-hybridized carbons (Fsp3) is 0.583. The maximum Gasteiger partial charge on any atom is 0.0833 e. The summed E-state index contributed by atoms with van der Waals surface area (Å²) in [6.45, 7) is 1.93. The van der Waals surface area contributed by atoms with Gasteiger partial charge in [-0.15, -0.1) is 0 Å². The zero-order valence-corrected chi connectivity index (χ0v) is 8.82. The fourth-order valence-corrected chi connectivity index (χ4v) is 2.29. The molecule has 1 aromatic heterocycles. The van der Waals surface area contributed by atoms with Crippen LogP contribution in [0.3, 0.4) is 0 Å². The Morgan fingerprint density at radius 1 is 1.40 bits per heavy atom. The molecule has 0 saturated heterocycles. The number of aromatic nitrogens is 1. The first-order valence-electron chi connectivity index (χ1n) is 5.71. The third kappa shape index (κ3) is 1.61. The molecule has 0 atom stereocenters. The summed E-state index contributed by atoms with van der Waals surface area (Å²) >= 11 is 0. The number of hydrogen-bond acceptors (Lipinski definition) is 2. The number of rotatable bonds is 3. The van der Waals surface area contributed by atoms with Gasteiger partial charge in [0.25, 0.3) is 0 Å². The average Bonchev–Trinajstić information content (AvgIpc) is 2.97.